The molecule has 0 unspecified atom stereocenters. The summed E-state index contributed by atoms with van der Waals surface area (Å²) in [4.78, 5) is 0. The van der Waals surface area contributed by atoms with Gasteiger partial charge in [0.15, 0.2) is 5.76 Å². The van der Waals surface area contributed by atoms with Crippen molar-refractivity contribution >= 4 is 0 Å². The Labute approximate surface area is 177 Å². The van der Waals surface area contributed by atoms with Gasteiger partial charge in [0.1, 0.15) is 23.9 Å². The summed E-state index contributed by atoms with van der Waals surface area (Å²) in [5.74, 6) is 1.94. The average Bonchev–Trinajstić information content (AvgIpc) is 3.14. The van der Waals surface area contributed by atoms with Crippen LogP contribution >= 0.6 is 0 Å². The van der Waals surface area contributed by atoms with E-state index >= 15 is 0 Å². The molecular weight excluding hydrogens is 378 g/mol. The first-order chi connectivity index (χ1) is 14.5. The van der Waals surface area contributed by atoms with E-state index in [9.17, 15) is 5.11 Å². The molecule has 0 amide bonds. The molecule has 0 fully saturated rings. The molecule has 0 bridgehead atoms. The highest BCUT2D eigenvalue weighted by molar-refractivity contribution is 5.84. The molecule has 0 radical (unpaired) electrons. The highest BCUT2D eigenvalue weighted by Crippen LogP contribution is 2.40. The van der Waals surface area contributed by atoms with Gasteiger partial charge < -0.3 is 19.1 Å². The summed E-state index contributed by atoms with van der Waals surface area (Å²) in [7, 11) is 1.63. The zero-order chi connectivity index (χ0) is 21.1. The molecule has 0 saturated carbocycles. The van der Waals surface area contributed by atoms with Crippen molar-refractivity contribution in [2.45, 2.75) is 20.5 Å². The maximum atomic E-state index is 10.7. The molecule has 0 aliphatic rings. The number of methoxy groups -OCH3 is 1. The summed E-state index contributed by atoms with van der Waals surface area (Å²) in [6.45, 7) is 4.35. The maximum absolute atomic E-state index is 10.7. The normalized spacial score (nSPS) is 10.8. The summed E-state index contributed by atoms with van der Waals surface area (Å²) in [6.07, 6.45) is 0. The van der Waals surface area contributed by atoms with E-state index in [4.69, 9.17) is 14.0 Å². The van der Waals surface area contributed by atoms with Crippen molar-refractivity contribution in [2.75, 3.05) is 7.11 Å². The number of ether oxygens (including phenoxy) is 2. The van der Waals surface area contributed by atoms with Gasteiger partial charge in [-0.1, -0.05) is 47.1 Å². The van der Waals surface area contributed by atoms with Crippen LogP contribution in [0.2, 0.25) is 0 Å². The topological polar surface area (TPSA) is 64.7 Å². The fraction of sp³-hybridized carbons (Fsp3) is 0.160. The Balaban J connectivity index is 0.00000272. The number of hydrogen-bond acceptors (Lipinski definition) is 5. The number of aromatic nitrogens is 1. The Morgan fingerprint density at radius 1 is 0.933 bits per heavy atom. The summed E-state index contributed by atoms with van der Waals surface area (Å²) < 4.78 is 16.6. The molecular formula is C25H25NO4. The molecule has 30 heavy (non-hydrogen) atoms. The molecule has 4 aromatic rings. The van der Waals surface area contributed by atoms with Crippen LogP contribution in [-0.2, 0) is 6.61 Å². The fourth-order valence-electron chi connectivity index (χ4n) is 3.30. The minimum atomic E-state index is 0. The van der Waals surface area contributed by atoms with Crippen LogP contribution in [0.25, 0.3) is 22.5 Å². The predicted molar refractivity (Wildman–Crippen MR) is 118 cm³/mol. The number of nitrogens with zero attached hydrogens (tertiary/aromatic N) is 1. The van der Waals surface area contributed by atoms with Crippen LogP contribution in [0.1, 0.15) is 18.2 Å². The lowest BCUT2D eigenvalue weighted by atomic mass is 9.99. The van der Waals surface area contributed by atoms with E-state index in [1.165, 1.54) is 5.56 Å². The highest BCUT2D eigenvalue weighted by atomic mass is 16.5. The number of phenolic OH excluding ortho intramolecular Hbond substituents is 1. The fourth-order valence-corrected chi connectivity index (χ4v) is 3.30. The minimum absolute atomic E-state index is 0. The third-order valence-corrected chi connectivity index (χ3v) is 4.98. The molecule has 1 aromatic heterocycles. The third-order valence-electron chi connectivity index (χ3n) is 4.98. The predicted octanol–water partition coefficient (Wildman–Crippen LogP) is 6.16. The van der Waals surface area contributed by atoms with Crippen molar-refractivity contribution in [3.8, 4) is 39.7 Å². The van der Waals surface area contributed by atoms with Crippen molar-refractivity contribution in [1.29, 1.82) is 0 Å². The second kappa shape index (κ2) is 8.33. The largest absolute Gasteiger partial charge is 0.507 e. The molecule has 0 aliphatic carbocycles. The van der Waals surface area contributed by atoms with Crippen LogP contribution < -0.4 is 9.47 Å². The van der Waals surface area contributed by atoms with E-state index in [0.717, 1.165) is 28.1 Å². The zero-order valence-electron chi connectivity index (χ0n) is 17.2. The first kappa shape index (κ1) is 19.6. The average molecular weight is 403 g/mol. The lowest BCUT2D eigenvalue weighted by Gasteiger charge is -2.10. The Kier molecular flexibility index (Phi) is 5.44. The van der Waals surface area contributed by atoms with Crippen molar-refractivity contribution in [3.05, 3.63) is 83.6 Å². The molecule has 0 atom stereocenters. The molecule has 1 heterocycles. The molecule has 1 N–H and O–H groups in total. The summed E-state index contributed by atoms with van der Waals surface area (Å²) in [5.41, 5.74) is 5.34. The Bertz CT molecular complexity index is 1150. The lowest BCUT2D eigenvalue weighted by Crippen LogP contribution is -1.95. The van der Waals surface area contributed by atoms with Crippen molar-refractivity contribution < 1.29 is 20.5 Å². The van der Waals surface area contributed by atoms with Gasteiger partial charge in [-0.2, -0.15) is 0 Å². The van der Waals surface area contributed by atoms with Crippen LogP contribution in [-0.4, -0.2) is 17.4 Å². The van der Waals surface area contributed by atoms with E-state index in [2.05, 4.69) is 5.16 Å². The molecule has 3 aromatic carbocycles. The smallest absolute Gasteiger partial charge is 0.178 e. The van der Waals surface area contributed by atoms with Crippen LogP contribution in [0.5, 0.6) is 17.2 Å². The van der Waals surface area contributed by atoms with Gasteiger partial charge >= 0.3 is 0 Å². The molecule has 0 spiro atoms. The Morgan fingerprint density at radius 2 is 1.63 bits per heavy atom. The second-order valence-electron chi connectivity index (χ2n) is 7.15. The quantitative estimate of drug-likeness (QED) is 0.417. The van der Waals surface area contributed by atoms with Gasteiger partial charge in [0, 0.05) is 7.49 Å². The molecule has 5 nitrogen and oxygen atoms in total. The second-order valence-corrected chi connectivity index (χ2v) is 7.15. The van der Waals surface area contributed by atoms with Gasteiger partial charge in [-0.15, -0.1) is 0 Å². The lowest BCUT2D eigenvalue weighted by molar-refractivity contribution is 0.304. The molecule has 0 aliphatic heterocycles. The van der Waals surface area contributed by atoms with E-state index in [1.54, 1.807) is 19.2 Å². The van der Waals surface area contributed by atoms with Crippen LogP contribution in [0, 0.1) is 13.8 Å². The van der Waals surface area contributed by atoms with E-state index in [1.807, 2.05) is 68.4 Å². The standard InChI is InChI=1S/C25H23NO4.H2/c1-16-4-6-18(7-5-16)15-29-21-12-13-22(23(27)14-21)25-24(17(2)26-30-25)19-8-10-20(28-3)11-9-19;/h4-14,27H,15H2,1-3H3;1H. The van der Waals surface area contributed by atoms with Crippen LogP contribution in [0.3, 0.4) is 0 Å². The SMILES string of the molecule is COc1ccc(-c2c(C)noc2-c2ccc(OCc3ccc(C)cc3)cc2O)cc1.[HH]. The molecule has 4 rings (SSSR count). The van der Waals surface area contributed by atoms with Gasteiger partial charge in [-0.25, -0.2) is 0 Å². The van der Waals surface area contributed by atoms with Crippen molar-refractivity contribution in [1.82, 2.24) is 5.16 Å². The van der Waals surface area contributed by atoms with E-state index < -0.39 is 0 Å². The maximum Gasteiger partial charge on any atom is 0.178 e. The van der Waals surface area contributed by atoms with Crippen LogP contribution in [0.4, 0.5) is 0 Å². The summed E-state index contributed by atoms with van der Waals surface area (Å²) in [6, 6.07) is 21.0. The number of rotatable bonds is 6. The summed E-state index contributed by atoms with van der Waals surface area (Å²) >= 11 is 0. The van der Waals surface area contributed by atoms with Crippen molar-refractivity contribution in [3.63, 3.8) is 0 Å². The van der Waals surface area contributed by atoms with E-state index in [-0.39, 0.29) is 7.18 Å². The number of aromatic hydroxyl groups is 1. The first-order valence-electron chi connectivity index (χ1n) is 9.67. The Hall–Kier alpha value is -3.73. The molecule has 0 saturated heterocycles. The van der Waals surface area contributed by atoms with Crippen LogP contribution in [0.15, 0.2) is 71.3 Å². The van der Waals surface area contributed by atoms with Gasteiger partial charge in [-0.3, -0.25) is 0 Å². The van der Waals surface area contributed by atoms with Gasteiger partial charge in [0.25, 0.3) is 0 Å². The van der Waals surface area contributed by atoms with E-state index in [0.29, 0.717) is 23.7 Å². The zero-order valence-corrected chi connectivity index (χ0v) is 17.2. The van der Waals surface area contributed by atoms with Gasteiger partial charge in [0.2, 0.25) is 0 Å². The number of hydrogen-bond donors (Lipinski definition) is 1. The monoisotopic (exact) mass is 403 g/mol. The Morgan fingerprint density at radius 3 is 2.30 bits per heavy atom. The third kappa shape index (κ3) is 4.01. The summed E-state index contributed by atoms with van der Waals surface area (Å²) in [5, 5.41) is 14.8. The van der Waals surface area contributed by atoms with Gasteiger partial charge in [-0.05, 0) is 49.2 Å². The molecule has 5 heteroatoms. The highest BCUT2D eigenvalue weighted by Gasteiger charge is 2.20. The minimum Gasteiger partial charge on any atom is -0.507 e. The van der Waals surface area contributed by atoms with Gasteiger partial charge in [0.05, 0.1) is 23.9 Å². The first-order valence-corrected chi connectivity index (χ1v) is 9.67. The number of phenols is 1. The number of aryl methyl sites for hydroxylation is 2. The van der Waals surface area contributed by atoms with Crippen molar-refractivity contribution in [2.24, 2.45) is 0 Å². The molecule has 154 valence electrons. The number of benzene rings is 3.